The molecule has 0 spiro atoms. The lowest BCUT2D eigenvalue weighted by atomic mass is 10.0. The molecular formula is C22H28F3N3O3S2. The van der Waals surface area contributed by atoms with Crippen LogP contribution in [0, 0.1) is 0 Å². The van der Waals surface area contributed by atoms with Crippen LogP contribution in [-0.4, -0.2) is 48.7 Å². The van der Waals surface area contributed by atoms with Crippen LogP contribution in [0.3, 0.4) is 0 Å². The van der Waals surface area contributed by atoms with E-state index in [2.05, 4.69) is 0 Å². The Hall–Kier alpha value is -1.95. The second kappa shape index (κ2) is 10.1. The number of halogens is 3. The summed E-state index contributed by atoms with van der Waals surface area (Å²) in [7, 11) is -4.16. The molecule has 1 atom stereocenters. The monoisotopic (exact) mass is 503 g/mol. The number of nitrogens with two attached hydrogens (primary N) is 1. The summed E-state index contributed by atoms with van der Waals surface area (Å²) in [6.45, 7) is 4.12. The maximum absolute atomic E-state index is 13.3. The van der Waals surface area contributed by atoms with E-state index in [-0.39, 0.29) is 23.3 Å². The molecule has 1 aliphatic rings. The number of likely N-dealkylation sites (tertiary alicyclic amines) is 1. The number of hydrogen-bond donors (Lipinski definition) is 1. The Morgan fingerprint density at radius 1 is 1.21 bits per heavy atom. The molecule has 0 radical (unpaired) electrons. The summed E-state index contributed by atoms with van der Waals surface area (Å²) in [4.78, 5) is 14.9. The molecule has 2 aromatic rings. The number of alkyl halides is 3. The Labute approximate surface area is 196 Å². The molecule has 1 unspecified atom stereocenters. The number of piperidine rings is 1. The van der Waals surface area contributed by atoms with Gasteiger partial charge in [-0.05, 0) is 56.3 Å². The van der Waals surface area contributed by atoms with Gasteiger partial charge in [0.1, 0.15) is 0 Å². The van der Waals surface area contributed by atoms with E-state index in [1.54, 1.807) is 18.7 Å². The van der Waals surface area contributed by atoms with Gasteiger partial charge in [0.25, 0.3) is 0 Å². The van der Waals surface area contributed by atoms with Crippen LogP contribution in [0.1, 0.15) is 49.6 Å². The van der Waals surface area contributed by atoms with E-state index in [1.165, 1.54) is 21.7 Å². The second-order valence-electron chi connectivity index (χ2n) is 8.39. The van der Waals surface area contributed by atoms with Crippen LogP contribution >= 0.6 is 11.3 Å². The third-order valence-corrected chi connectivity index (χ3v) is 8.85. The first-order chi connectivity index (χ1) is 15.4. The SMILES string of the molecule is CC(C)N(C1CCN(C(=O)CC(N)c2cccs2)CC1)S(=O)(=O)c1cccc(C(F)(F)F)c1. The molecule has 3 rings (SSSR count). The zero-order chi connectivity index (χ0) is 24.4. The van der Waals surface area contributed by atoms with Crippen LogP contribution in [0.5, 0.6) is 0 Å². The van der Waals surface area contributed by atoms with Crippen molar-refractivity contribution in [2.24, 2.45) is 5.73 Å². The highest BCUT2D eigenvalue weighted by Gasteiger charge is 2.38. The normalized spacial score (nSPS) is 17.0. The molecular weight excluding hydrogens is 475 g/mol. The molecule has 33 heavy (non-hydrogen) atoms. The van der Waals surface area contributed by atoms with Gasteiger partial charge in [-0.2, -0.15) is 17.5 Å². The van der Waals surface area contributed by atoms with Crippen LogP contribution in [0.15, 0.2) is 46.7 Å². The van der Waals surface area contributed by atoms with Gasteiger partial charge in [-0.15, -0.1) is 11.3 Å². The van der Waals surface area contributed by atoms with Crippen molar-refractivity contribution < 1.29 is 26.4 Å². The zero-order valence-corrected chi connectivity index (χ0v) is 20.1. The molecule has 1 saturated heterocycles. The van der Waals surface area contributed by atoms with E-state index < -0.39 is 33.8 Å². The number of rotatable bonds is 7. The highest BCUT2D eigenvalue weighted by Crippen LogP contribution is 2.33. The lowest BCUT2D eigenvalue weighted by molar-refractivity contribution is -0.137. The van der Waals surface area contributed by atoms with Crippen molar-refractivity contribution in [3.63, 3.8) is 0 Å². The minimum atomic E-state index is -4.64. The molecule has 1 aromatic carbocycles. The second-order valence-corrected chi connectivity index (χ2v) is 11.2. The van der Waals surface area contributed by atoms with Gasteiger partial charge in [0.05, 0.1) is 10.5 Å². The van der Waals surface area contributed by atoms with Crippen molar-refractivity contribution in [2.75, 3.05) is 13.1 Å². The molecule has 1 aliphatic heterocycles. The number of sulfonamides is 1. The summed E-state index contributed by atoms with van der Waals surface area (Å²) < 4.78 is 67.2. The van der Waals surface area contributed by atoms with Crippen LogP contribution in [0.2, 0.25) is 0 Å². The first-order valence-corrected chi connectivity index (χ1v) is 13.0. The molecule has 1 fully saturated rings. The first kappa shape index (κ1) is 25.7. The first-order valence-electron chi connectivity index (χ1n) is 10.7. The fraction of sp³-hybridized carbons (Fsp3) is 0.500. The number of nitrogens with zero attached hydrogens (tertiary/aromatic N) is 2. The lowest BCUT2D eigenvalue weighted by Gasteiger charge is -2.40. The summed E-state index contributed by atoms with van der Waals surface area (Å²) in [5, 5.41) is 1.90. The van der Waals surface area contributed by atoms with Gasteiger partial charge in [0.2, 0.25) is 15.9 Å². The zero-order valence-electron chi connectivity index (χ0n) is 18.5. The Morgan fingerprint density at radius 2 is 1.88 bits per heavy atom. The fourth-order valence-corrected chi connectivity index (χ4v) is 6.80. The van der Waals surface area contributed by atoms with Gasteiger partial charge in [-0.1, -0.05) is 12.1 Å². The minimum Gasteiger partial charge on any atom is -0.343 e. The topological polar surface area (TPSA) is 83.7 Å². The van der Waals surface area contributed by atoms with E-state index in [0.717, 1.165) is 17.0 Å². The highest BCUT2D eigenvalue weighted by molar-refractivity contribution is 7.89. The number of carbonyl (C=O) groups is 1. The lowest BCUT2D eigenvalue weighted by Crippen LogP contribution is -2.51. The summed E-state index contributed by atoms with van der Waals surface area (Å²) in [5.74, 6) is -0.0915. The van der Waals surface area contributed by atoms with Gasteiger partial charge in [-0.3, -0.25) is 4.79 Å². The summed E-state index contributed by atoms with van der Waals surface area (Å²) in [6.07, 6.45) is -3.67. The van der Waals surface area contributed by atoms with Crippen molar-refractivity contribution in [1.82, 2.24) is 9.21 Å². The quantitative estimate of drug-likeness (QED) is 0.613. The van der Waals surface area contributed by atoms with E-state index in [1.807, 2.05) is 17.5 Å². The maximum Gasteiger partial charge on any atom is 0.416 e. The van der Waals surface area contributed by atoms with Crippen LogP contribution in [-0.2, 0) is 21.0 Å². The largest absolute Gasteiger partial charge is 0.416 e. The van der Waals surface area contributed by atoms with E-state index >= 15 is 0 Å². The summed E-state index contributed by atoms with van der Waals surface area (Å²) in [6, 6.07) is 6.32. The predicted molar refractivity (Wildman–Crippen MR) is 121 cm³/mol. The van der Waals surface area contributed by atoms with Gasteiger partial charge in [0.15, 0.2) is 0 Å². The van der Waals surface area contributed by atoms with E-state index in [9.17, 15) is 26.4 Å². The molecule has 11 heteroatoms. The number of amides is 1. The number of thiophene rings is 1. The van der Waals surface area contributed by atoms with Crippen molar-refractivity contribution >= 4 is 27.3 Å². The van der Waals surface area contributed by atoms with E-state index in [4.69, 9.17) is 5.73 Å². The van der Waals surface area contributed by atoms with Crippen LogP contribution in [0.4, 0.5) is 13.2 Å². The van der Waals surface area contributed by atoms with Crippen molar-refractivity contribution in [1.29, 1.82) is 0 Å². The molecule has 182 valence electrons. The fourth-order valence-electron chi connectivity index (χ4n) is 4.14. The van der Waals surface area contributed by atoms with Crippen LogP contribution in [0.25, 0.3) is 0 Å². The Bertz CT molecular complexity index is 1050. The molecule has 1 aromatic heterocycles. The van der Waals surface area contributed by atoms with Gasteiger partial charge in [0, 0.05) is 42.5 Å². The molecule has 1 amide bonds. The third kappa shape index (κ3) is 5.95. The summed E-state index contributed by atoms with van der Waals surface area (Å²) in [5.41, 5.74) is 5.12. The van der Waals surface area contributed by atoms with Gasteiger partial charge in [-0.25, -0.2) is 8.42 Å². The van der Waals surface area contributed by atoms with Gasteiger partial charge >= 0.3 is 6.18 Å². The van der Waals surface area contributed by atoms with Crippen LogP contribution < -0.4 is 5.73 Å². The number of carbonyl (C=O) groups excluding carboxylic acids is 1. The molecule has 0 aliphatic carbocycles. The standard InChI is InChI=1S/C22H28F3N3O3S2/c1-15(2)28(33(30,31)18-6-3-5-16(13-18)22(23,24)25)17-8-10-27(11-9-17)21(29)14-19(26)20-7-4-12-32-20/h3-7,12-13,15,17,19H,8-11,14,26H2,1-2H3. The Kier molecular flexibility index (Phi) is 7.87. The van der Waals surface area contributed by atoms with Crippen molar-refractivity contribution in [2.45, 2.75) is 62.3 Å². The summed E-state index contributed by atoms with van der Waals surface area (Å²) >= 11 is 1.49. The smallest absolute Gasteiger partial charge is 0.343 e. The predicted octanol–water partition coefficient (Wildman–Crippen LogP) is 4.25. The van der Waals surface area contributed by atoms with Crippen molar-refractivity contribution in [3.05, 3.63) is 52.2 Å². The minimum absolute atomic E-state index is 0.0915. The molecule has 2 N–H and O–H groups in total. The Balaban J connectivity index is 1.71. The van der Waals surface area contributed by atoms with Crippen molar-refractivity contribution in [3.8, 4) is 0 Å². The average molecular weight is 504 g/mol. The third-order valence-electron chi connectivity index (χ3n) is 5.73. The Morgan fingerprint density at radius 3 is 2.42 bits per heavy atom. The highest BCUT2D eigenvalue weighted by atomic mass is 32.2. The maximum atomic E-state index is 13.3. The molecule has 6 nitrogen and oxygen atoms in total. The molecule has 0 bridgehead atoms. The average Bonchev–Trinajstić information content (AvgIpc) is 3.28. The van der Waals surface area contributed by atoms with E-state index in [0.29, 0.717) is 32.0 Å². The molecule has 0 saturated carbocycles. The number of benzene rings is 1. The van der Waals surface area contributed by atoms with Gasteiger partial charge < -0.3 is 10.6 Å². The number of hydrogen-bond acceptors (Lipinski definition) is 5. The molecule has 2 heterocycles.